The SMILES string of the molecule is CC1OCCC1N(C)C(=O)N(C)C(C)C(=O)O. The summed E-state index contributed by atoms with van der Waals surface area (Å²) in [7, 11) is 3.18. The Balaban J connectivity index is 2.65. The number of carbonyl (C=O) groups is 2. The first-order valence-corrected chi connectivity index (χ1v) is 5.70. The average Bonchev–Trinajstić information content (AvgIpc) is 2.71. The molecule has 3 unspecified atom stereocenters. The van der Waals surface area contributed by atoms with Gasteiger partial charge in [-0.2, -0.15) is 0 Å². The maximum absolute atomic E-state index is 12.1. The zero-order valence-electron chi connectivity index (χ0n) is 10.7. The summed E-state index contributed by atoms with van der Waals surface area (Å²) in [5.74, 6) is -1.01. The summed E-state index contributed by atoms with van der Waals surface area (Å²) in [6, 6.07) is -1.10. The molecule has 2 amide bonds. The van der Waals surface area contributed by atoms with Gasteiger partial charge in [0.25, 0.3) is 0 Å². The molecule has 0 saturated carbocycles. The van der Waals surface area contributed by atoms with Crippen LogP contribution in [0.1, 0.15) is 20.3 Å². The van der Waals surface area contributed by atoms with Crippen molar-refractivity contribution in [2.75, 3.05) is 20.7 Å². The van der Waals surface area contributed by atoms with E-state index in [1.165, 1.54) is 18.9 Å². The Morgan fingerprint density at radius 3 is 2.41 bits per heavy atom. The third kappa shape index (κ3) is 2.88. The smallest absolute Gasteiger partial charge is 0.326 e. The Bertz CT molecular complexity index is 308. The monoisotopic (exact) mass is 244 g/mol. The summed E-state index contributed by atoms with van der Waals surface area (Å²) in [6.07, 6.45) is 0.788. The Morgan fingerprint density at radius 2 is 2.00 bits per heavy atom. The van der Waals surface area contributed by atoms with Crippen molar-refractivity contribution in [2.45, 2.75) is 38.5 Å². The molecule has 0 spiro atoms. The van der Waals surface area contributed by atoms with Crippen molar-refractivity contribution >= 4 is 12.0 Å². The Hall–Kier alpha value is -1.30. The average molecular weight is 244 g/mol. The van der Waals surface area contributed by atoms with Crippen molar-refractivity contribution < 1.29 is 19.4 Å². The molecule has 0 aromatic carbocycles. The molecule has 1 fully saturated rings. The number of nitrogens with zero attached hydrogens (tertiary/aromatic N) is 2. The minimum Gasteiger partial charge on any atom is -0.480 e. The molecular formula is C11H20N2O4. The number of urea groups is 1. The zero-order valence-corrected chi connectivity index (χ0v) is 10.7. The van der Waals surface area contributed by atoms with Crippen LogP contribution in [0.15, 0.2) is 0 Å². The van der Waals surface area contributed by atoms with E-state index >= 15 is 0 Å². The summed E-state index contributed by atoms with van der Waals surface area (Å²) < 4.78 is 5.40. The molecule has 1 aliphatic heterocycles. The van der Waals surface area contributed by atoms with Crippen molar-refractivity contribution in [2.24, 2.45) is 0 Å². The van der Waals surface area contributed by atoms with Gasteiger partial charge in [0.05, 0.1) is 12.1 Å². The number of hydrogen-bond donors (Lipinski definition) is 1. The quantitative estimate of drug-likeness (QED) is 0.790. The number of ether oxygens (including phenoxy) is 1. The first-order valence-electron chi connectivity index (χ1n) is 5.70. The number of hydrogen-bond acceptors (Lipinski definition) is 3. The van der Waals surface area contributed by atoms with Crippen LogP contribution >= 0.6 is 0 Å². The van der Waals surface area contributed by atoms with Crippen LogP contribution < -0.4 is 0 Å². The third-order valence-electron chi connectivity index (χ3n) is 3.38. The number of carbonyl (C=O) groups excluding carboxylic acids is 1. The van der Waals surface area contributed by atoms with Gasteiger partial charge in [-0.15, -0.1) is 0 Å². The summed E-state index contributed by atoms with van der Waals surface area (Å²) in [5, 5.41) is 8.86. The van der Waals surface area contributed by atoms with E-state index in [1.807, 2.05) is 6.92 Å². The first-order chi connectivity index (χ1) is 7.86. The van der Waals surface area contributed by atoms with E-state index in [2.05, 4.69) is 0 Å². The van der Waals surface area contributed by atoms with Gasteiger partial charge in [-0.05, 0) is 20.3 Å². The number of likely N-dealkylation sites (N-methyl/N-ethyl adjacent to an activating group) is 2. The lowest BCUT2D eigenvalue weighted by atomic mass is 10.1. The van der Waals surface area contributed by atoms with Gasteiger partial charge in [-0.3, -0.25) is 0 Å². The zero-order chi connectivity index (χ0) is 13.2. The summed E-state index contributed by atoms with van der Waals surface area (Å²) in [6.45, 7) is 4.05. The van der Waals surface area contributed by atoms with Crippen LogP contribution in [0.3, 0.4) is 0 Å². The minimum atomic E-state index is -1.01. The van der Waals surface area contributed by atoms with Gasteiger partial charge in [0, 0.05) is 20.7 Å². The van der Waals surface area contributed by atoms with Crippen molar-refractivity contribution in [3.05, 3.63) is 0 Å². The molecular weight excluding hydrogens is 224 g/mol. The molecule has 1 aliphatic rings. The highest BCUT2D eigenvalue weighted by atomic mass is 16.5. The van der Waals surface area contributed by atoms with E-state index < -0.39 is 12.0 Å². The second kappa shape index (κ2) is 5.35. The Morgan fingerprint density at radius 1 is 1.41 bits per heavy atom. The van der Waals surface area contributed by atoms with E-state index in [4.69, 9.17) is 9.84 Å². The topological polar surface area (TPSA) is 70.1 Å². The number of rotatable bonds is 3. The van der Waals surface area contributed by atoms with Gasteiger partial charge in [0.2, 0.25) is 0 Å². The van der Waals surface area contributed by atoms with Crippen LogP contribution in [-0.4, -0.2) is 65.8 Å². The number of amides is 2. The first kappa shape index (κ1) is 13.8. The largest absolute Gasteiger partial charge is 0.480 e. The van der Waals surface area contributed by atoms with Gasteiger partial charge >= 0.3 is 12.0 Å². The fourth-order valence-corrected chi connectivity index (χ4v) is 1.95. The van der Waals surface area contributed by atoms with E-state index in [9.17, 15) is 9.59 Å². The molecule has 6 heteroatoms. The Labute approximate surface area is 101 Å². The molecule has 3 atom stereocenters. The lowest BCUT2D eigenvalue weighted by Crippen LogP contribution is -2.51. The molecule has 1 saturated heterocycles. The van der Waals surface area contributed by atoms with Crippen LogP contribution in [-0.2, 0) is 9.53 Å². The van der Waals surface area contributed by atoms with Crippen molar-refractivity contribution in [3.8, 4) is 0 Å². The van der Waals surface area contributed by atoms with E-state index in [0.717, 1.165) is 6.42 Å². The molecule has 17 heavy (non-hydrogen) atoms. The molecule has 98 valence electrons. The fourth-order valence-electron chi connectivity index (χ4n) is 1.95. The van der Waals surface area contributed by atoms with Gasteiger partial charge in [-0.25, -0.2) is 9.59 Å². The highest BCUT2D eigenvalue weighted by molar-refractivity contribution is 5.82. The van der Waals surface area contributed by atoms with Crippen LogP contribution in [0.25, 0.3) is 0 Å². The molecule has 0 aromatic rings. The fraction of sp³-hybridized carbons (Fsp3) is 0.818. The second-order valence-corrected chi connectivity index (χ2v) is 4.45. The number of carboxylic acids is 1. The van der Waals surface area contributed by atoms with Gasteiger partial charge < -0.3 is 19.6 Å². The molecule has 0 radical (unpaired) electrons. The summed E-state index contributed by atoms with van der Waals surface area (Å²) >= 11 is 0. The van der Waals surface area contributed by atoms with E-state index in [-0.39, 0.29) is 18.2 Å². The lowest BCUT2D eigenvalue weighted by molar-refractivity contribution is -0.141. The number of carboxylic acid groups (broad SMARTS) is 1. The van der Waals surface area contributed by atoms with Gasteiger partial charge in [0.15, 0.2) is 0 Å². The summed E-state index contributed by atoms with van der Waals surface area (Å²) in [5.41, 5.74) is 0. The standard InChI is InChI=1S/C11H20N2O4/c1-7(10(14)15)12(3)11(16)13(4)9-5-6-17-8(9)2/h7-9H,5-6H2,1-4H3,(H,14,15). The Kier molecular flexibility index (Phi) is 4.34. The lowest BCUT2D eigenvalue weighted by Gasteiger charge is -2.32. The van der Waals surface area contributed by atoms with Crippen LogP contribution in [0.4, 0.5) is 4.79 Å². The van der Waals surface area contributed by atoms with Crippen molar-refractivity contribution in [1.82, 2.24) is 9.80 Å². The third-order valence-corrected chi connectivity index (χ3v) is 3.38. The molecule has 1 rings (SSSR count). The predicted octanol–water partition coefficient (Wildman–Crippen LogP) is 0.621. The van der Waals surface area contributed by atoms with Crippen LogP contribution in [0.5, 0.6) is 0 Å². The highest BCUT2D eigenvalue weighted by Crippen LogP contribution is 2.19. The molecule has 1 heterocycles. The maximum atomic E-state index is 12.1. The second-order valence-electron chi connectivity index (χ2n) is 4.45. The van der Waals surface area contributed by atoms with E-state index in [0.29, 0.717) is 6.61 Å². The molecule has 1 N–H and O–H groups in total. The van der Waals surface area contributed by atoms with Crippen molar-refractivity contribution in [1.29, 1.82) is 0 Å². The predicted molar refractivity (Wildman–Crippen MR) is 61.8 cm³/mol. The van der Waals surface area contributed by atoms with Gasteiger partial charge in [-0.1, -0.05) is 0 Å². The normalized spacial score (nSPS) is 25.4. The van der Waals surface area contributed by atoms with Crippen LogP contribution in [0.2, 0.25) is 0 Å². The van der Waals surface area contributed by atoms with E-state index in [1.54, 1.807) is 11.9 Å². The number of aliphatic carboxylic acids is 1. The van der Waals surface area contributed by atoms with Crippen LogP contribution in [0, 0.1) is 0 Å². The highest BCUT2D eigenvalue weighted by Gasteiger charge is 2.33. The van der Waals surface area contributed by atoms with Gasteiger partial charge in [0.1, 0.15) is 6.04 Å². The minimum absolute atomic E-state index is 0.00233. The summed E-state index contributed by atoms with van der Waals surface area (Å²) in [4.78, 5) is 25.7. The molecule has 0 aromatic heterocycles. The molecule has 0 bridgehead atoms. The molecule has 6 nitrogen and oxygen atoms in total. The van der Waals surface area contributed by atoms with Crippen molar-refractivity contribution in [3.63, 3.8) is 0 Å². The molecule has 0 aliphatic carbocycles. The maximum Gasteiger partial charge on any atom is 0.326 e.